The topological polar surface area (TPSA) is 84.0 Å². The molecule has 2 heterocycles. The van der Waals surface area contributed by atoms with E-state index in [0.717, 1.165) is 61.9 Å². The highest BCUT2D eigenvalue weighted by molar-refractivity contribution is 6.07. The van der Waals surface area contributed by atoms with E-state index in [9.17, 15) is 0 Å². The molecule has 1 saturated heterocycles. The van der Waals surface area contributed by atoms with Gasteiger partial charge in [0.2, 0.25) is 0 Å². The van der Waals surface area contributed by atoms with E-state index in [4.69, 9.17) is 20.9 Å². The van der Waals surface area contributed by atoms with Gasteiger partial charge in [0.25, 0.3) is 0 Å². The van der Waals surface area contributed by atoms with Gasteiger partial charge in [0.15, 0.2) is 0 Å². The summed E-state index contributed by atoms with van der Waals surface area (Å²) in [4.78, 5) is 4.82. The van der Waals surface area contributed by atoms with Gasteiger partial charge in [-0.05, 0) is 63.1 Å². The Morgan fingerprint density at radius 1 is 1.32 bits per heavy atom. The molecule has 1 aromatic rings. The molecule has 0 unspecified atom stereocenters. The molecule has 2 aliphatic rings. The number of nitrogens with two attached hydrogens (primary N) is 1. The third kappa shape index (κ3) is 4.89. The van der Waals surface area contributed by atoms with Gasteiger partial charge in [-0.3, -0.25) is 4.98 Å². The molecule has 0 radical (unpaired) electrons. The summed E-state index contributed by atoms with van der Waals surface area (Å²) >= 11 is 0. The molecule has 0 atom stereocenters. The zero-order valence-corrected chi connectivity index (χ0v) is 14.9. The molecule has 1 aliphatic carbocycles. The maximum Gasteiger partial charge on any atom is 0.0735 e. The van der Waals surface area contributed by atoms with Gasteiger partial charge in [0, 0.05) is 48.9 Å². The quantitative estimate of drug-likeness (QED) is 0.634. The molecule has 3 rings (SSSR count). The minimum Gasteiger partial charge on any atom is -0.388 e. The first kappa shape index (κ1) is 18.1. The first-order chi connectivity index (χ1) is 12.3. The minimum absolute atomic E-state index is 0.476. The summed E-state index contributed by atoms with van der Waals surface area (Å²) < 4.78 is 5.44. The van der Waals surface area contributed by atoms with Crippen LogP contribution in [-0.2, 0) is 4.74 Å². The highest BCUT2D eigenvalue weighted by Crippen LogP contribution is 2.31. The van der Waals surface area contributed by atoms with E-state index in [1.807, 2.05) is 12.3 Å². The van der Waals surface area contributed by atoms with Crippen molar-refractivity contribution in [3.05, 3.63) is 35.8 Å². The molecule has 1 saturated carbocycles. The Morgan fingerprint density at radius 3 is 2.84 bits per heavy atom. The number of nitrogens with one attached hydrogen (secondary N) is 2. The van der Waals surface area contributed by atoms with Gasteiger partial charge in [-0.15, -0.1) is 0 Å². The molecule has 5 nitrogen and oxygen atoms in total. The predicted molar refractivity (Wildman–Crippen MR) is 102 cm³/mol. The van der Waals surface area contributed by atoms with Crippen molar-refractivity contribution in [3.8, 4) is 0 Å². The Labute approximate surface area is 150 Å². The zero-order chi connectivity index (χ0) is 17.5. The summed E-state index contributed by atoms with van der Waals surface area (Å²) in [6.45, 7) is 2.43. The number of pyridine rings is 1. The molecule has 1 aliphatic heterocycles. The Hall–Kier alpha value is -1.72. The van der Waals surface area contributed by atoms with Crippen molar-refractivity contribution in [1.82, 2.24) is 10.3 Å². The van der Waals surface area contributed by atoms with Crippen LogP contribution in [-0.4, -0.2) is 37.0 Å². The molecule has 136 valence electrons. The fourth-order valence-electron chi connectivity index (χ4n) is 3.74. The van der Waals surface area contributed by atoms with Crippen LogP contribution in [0.5, 0.6) is 0 Å². The lowest BCUT2D eigenvalue weighted by atomic mass is 9.77. The second-order valence-corrected chi connectivity index (χ2v) is 7.21. The van der Waals surface area contributed by atoms with Crippen LogP contribution >= 0.6 is 0 Å². The van der Waals surface area contributed by atoms with Crippen LogP contribution in [0.3, 0.4) is 0 Å². The van der Waals surface area contributed by atoms with Crippen LogP contribution < -0.4 is 11.1 Å². The normalized spacial score (nSPS) is 24.6. The van der Waals surface area contributed by atoms with E-state index >= 15 is 0 Å². The van der Waals surface area contributed by atoms with E-state index in [1.165, 1.54) is 25.5 Å². The average Bonchev–Trinajstić information content (AvgIpc) is 2.64. The van der Waals surface area contributed by atoms with Crippen LogP contribution in [0.1, 0.15) is 55.8 Å². The van der Waals surface area contributed by atoms with Crippen molar-refractivity contribution in [1.29, 1.82) is 5.41 Å². The van der Waals surface area contributed by atoms with E-state index in [2.05, 4.69) is 17.4 Å². The molecule has 0 bridgehead atoms. The fraction of sp³-hybridized carbons (Fsp3) is 0.600. The van der Waals surface area contributed by atoms with Gasteiger partial charge in [0.1, 0.15) is 0 Å². The summed E-state index contributed by atoms with van der Waals surface area (Å²) in [7, 11) is 0. The second kappa shape index (κ2) is 9.11. The molecule has 0 amide bonds. The average molecular weight is 342 g/mol. The van der Waals surface area contributed by atoms with Crippen molar-refractivity contribution in [2.75, 3.05) is 19.8 Å². The van der Waals surface area contributed by atoms with Gasteiger partial charge < -0.3 is 21.2 Å². The SMILES string of the molecule is N=C/C(=C\NC1CC(CCCN)C1)c1cccc(C2CCOCC2)n1. The highest BCUT2D eigenvalue weighted by atomic mass is 16.5. The van der Waals surface area contributed by atoms with E-state index in [0.29, 0.717) is 12.0 Å². The van der Waals surface area contributed by atoms with Gasteiger partial charge in [-0.25, -0.2) is 0 Å². The molecule has 5 heteroatoms. The van der Waals surface area contributed by atoms with E-state index in [-0.39, 0.29) is 0 Å². The summed E-state index contributed by atoms with van der Waals surface area (Å²) in [5, 5.41) is 11.2. The molecular formula is C20H30N4O. The zero-order valence-electron chi connectivity index (χ0n) is 14.9. The van der Waals surface area contributed by atoms with Crippen LogP contribution in [0, 0.1) is 11.3 Å². The number of hydrogen-bond donors (Lipinski definition) is 3. The predicted octanol–water partition coefficient (Wildman–Crippen LogP) is 3.07. The first-order valence-electron chi connectivity index (χ1n) is 9.52. The highest BCUT2D eigenvalue weighted by Gasteiger charge is 2.27. The van der Waals surface area contributed by atoms with Crippen LogP contribution in [0.2, 0.25) is 0 Å². The standard InChI is InChI=1S/C20H30N4O/c21-8-2-3-15-11-18(12-15)23-14-17(13-22)20-5-1-4-19(24-20)16-6-9-25-10-7-16/h1,4-5,13-16,18,22-23H,2-3,6-12,21H2/b17-14+,22-13?. The fourth-order valence-corrected chi connectivity index (χ4v) is 3.74. The molecule has 4 N–H and O–H groups in total. The summed E-state index contributed by atoms with van der Waals surface area (Å²) in [6, 6.07) is 6.67. The Kier molecular flexibility index (Phi) is 6.59. The number of hydrogen-bond acceptors (Lipinski definition) is 5. The Balaban J connectivity index is 1.58. The lowest BCUT2D eigenvalue weighted by molar-refractivity contribution is 0.0845. The second-order valence-electron chi connectivity index (χ2n) is 7.21. The van der Waals surface area contributed by atoms with Crippen molar-refractivity contribution < 1.29 is 4.74 Å². The van der Waals surface area contributed by atoms with Crippen LogP contribution in [0.15, 0.2) is 24.4 Å². The number of nitrogens with zero attached hydrogens (tertiary/aromatic N) is 1. The molecule has 1 aromatic heterocycles. The van der Waals surface area contributed by atoms with Gasteiger partial charge in [0.05, 0.1) is 5.69 Å². The maximum absolute atomic E-state index is 7.76. The summed E-state index contributed by atoms with van der Waals surface area (Å²) in [6.07, 6.45) is 10.2. The van der Waals surface area contributed by atoms with Crippen LogP contribution in [0.4, 0.5) is 0 Å². The molecule has 25 heavy (non-hydrogen) atoms. The Morgan fingerprint density at radius 2 is 2.12 bits per heavy atom. The third-order valence-electron chi connectivity index (χ3n) is 5.39. The van der Waals surface area contributed by atoms with E-state index < -0.39 is 0 Å². The maximum atomic E-state index is 7.76. The first-order valence-corrected chi connectivity index (χ1v) is 9.52. The number of aromatic nitrogens is 1. The van der Waals surface area contributed by atoms with Gasteiger partial charge in [-0.1, -0.05) is 6.07 Å². The van der Waals surface area contributed by atoms with Gasteiger partial charge >= 0.3 is 0 Å². The van der Waals surface area contributed by atoms with Crippen molar-refractivity contribution >= 4 is 11.8 Å². The summed E-state index contributed by atoms with van der Waals surface area (Å²) in [5.74, 6) is 1.29. The van der Waals surface area contributed by atoms with E-state index in [1.54, 1.807) is 0 Å². The molecule has 2 fully saturated rings. The lowest BCUT2D eigenvalue weighted by Gasteiger charge is -2.35. The monoisotopic (exact) mass is 342 g/mol. The molecule has 0 aromatic carbocycles. The Bertz CT molecular complexity index is 589. The van der Waals surface area contributed by atoms with Gasteiger partial charge in [-0.2, -0.15) is 0 Å². The summed E-state index contributed by atoms with van der Waals surface area (Å²) in [5.41, 5.74) is 8.42. The van der Waals surface area contributed by atoms with Crippen molar-refractivity contribution in [2.45, 2.75) is 50.5 Å². The number of ether oxygens (including phenoxy) is 1. The molecule has 0 spiro atoms. The van der Waals surface area contributed by atoms with Crippen LogP contribution in [0.25, 0.3) is 5.57 Å². The smallest absolute Gasteiger partial charge is 0.0735 e. The number of allylic oxidation sites excluding steroid dienone is 1. The third-order valence-corrected chi connectivity index (χ3v) is 5.39. The van der Waals surface area contributed by atoms with Crippen molar-refractivity contribution in [2.24, 2.45) is 11.7 Å². The lowest BCUT2D eigenvalue weighted by Crippen LogP contribution is -2.38. The van der Waals surface area contributed by atoms with Crippen molar-refractivity contribution in [3.63, 3.8) is 0 Å². The minimum atomic E-state index is 0.476. The molecular weight excluding hydrogens is 312 g/mol. The largest absolute Gasteiger partial charge is 0.388 e. The number of rotatable bonds is 8.